The second-order valence-corrected chi connectivity index (χ2v) is 6.53. The van der Waals surface area contributed by atoms with E-state index in [2.05, 4.69) is 9.84 Å². The fourth-order valence-corrected chi connectivity index (χ4v) is 3.74. The molecule has 0 bridgehead atoms. The summed E-state index contributed by atoms with van der Waals surface area (Å²) < 4.78 is 12.2. The fraction of sp³-hybridized carbons (Fsp3) is 0.588. The Labute approximate surface area is 129 Å². The van der Waals surface area contributed by atoms with Crippen LogP contribution in [0.1, 0.15) is 30.4 Å². The van der Waals surface area contributed by atoms with E-state index in [1.54, 1.807) is 12.1 Å². The highest BCUT2D eigenvalue weighted by Crippen LogP contribution is 2.30. The largest absolute Gasteiger partial charge is 0.481 e. The quantitative estimate of drug-likeness (QED) is 0.929. The molecular weight excluding hydrogens is 285 g/mol. The van der Waals surface area contributed by atoms with Gasteiger partial charge >= 0.3 is 5.97 Å². The van der Waals surface area contributed by atoms with Crippen LogP contribution >= 0.6 is 0 Å². The Morgan fingerprint density at radius 3 is 2.73 bits per heavy atom. The molecule has 22 heavy (non-hydrogen) atoms. The number of rotatable bonds is 4. The number of carboxylic acid groups (broad SMARTS) is 1. The maximum absolute atomic E-state index is 12.2. The molecule has 1 aromatic carbocycles. The predicted octanol–water partition coefficient (Wildman–Crippen LogP) is 2.85. The average molecular weight is 307 g/mol. The number of aliphatic carboxylic acids is 1. The maximum atomic E-state index is 12.2. The number of hydrogen-bond acceptors (Lipinski definition) is 3. The molecule has 1 fully saturated rings. The smallest absolute Gasteiger partial charge is 0.306 e. The number of carbonyl (C=O) groups is 1. The Hall–Kier alpha value is -1.62. The zero-order valence-corrected chi connectivity index (χ0v) is 12.6. The van der Waals surface area contributed by atoms with E-state index in [-0.39, 0.29) is 11.7 Å². The molecule has 0 aromatic heterocycles. The third-order valence-corrected chi connectivity index (χ3v) is 5.05. The molecule has 1 N–H and O–H groups in total. The summed E-state index contributed by atoms with van der Waals surface area (Å²) in [6.45, 7) is 2.80. The van der Waals surface area contributed by atoms with Gasteiger partial charge in [0.25, 0.3) is 0 Å². The van der Waals surface area contributed by atoms with Crippen LogP contribution in [0.5, 0.6) is 5.75 Å². The minimum atomic E-state index is -0.655. The third kappa shape index (κ3) is 3.40. The van der Waals surface area contributed by atoms with E-state index < -0.39 is 5.97 Å². The molecule has 0 spiro atoms. The lowest BCUT2D eigenvalue weighted by molar-refractivity contribution is -0.143. The van der Waals surface area contributed by atoms with E-state index in [0.29, 0.717) is 5.92 Å². The second kappa shape index (κ2) is 6.65. The third-order valence-electron chi connectivity index (χ3n) is 5.05. The molecule has 1 atom stereocenters. The number of benzene rings is 1. The van der Waals surface area contributed by atoms with Gasteiger partial charge in [0.05, 0.1) is 5.92 Å². The minimum Gasteiger partial charge on any atom is -0.481 e. The summed E-state index contributed by atoms with van der Waals surface area (Å²) in [6, 6.07) is 5.44. The van der Waals surface area contributed by atoms with Crippen LogP contribution < -0.4 is 4.94 Å². The number of fused-ring (bicyclic) bond motifs is 1. The van der Waals surface area contributed by atoms with Gasteiger partial charge in [-0.1, -0.05) is 6.07 Å². The number of piperidine rings is 1. The van der Waals surface area contributed by atoms with Gasteiger partial charge in [-0.2, -0.15) is 0 Å². The van der Waals surface area contributed by atoms with E-state index in [4.69, 9.17) is 5.11 Å². The summed E-state index contributed by atoms with van der Waals surface area (Å²) in [4.78, 5) is 17.2. The van der Waals surface area contributed by atoms with Gasteiger partial charge in [0.15, 0.2) is 5.75 Å². The summed E-state index contributed by atoms with van der Waals surface area (Å²) in [6.07, 6.45) is 4.59. The molecule has 1 saturated heterocycles. The van der Waals surface area contributed by atoms with Crippen molar-refractivity contribution in [2.24, 2.45) is 11.8 Å². The number of halogens is 1. The molecular formula is C17H22FNO3. The van der Waals surface area contributed by atoms with Crippen LogP contribution in [0.3, 0.4) is 0 Å². The van der Waals surface area contributed by atoms with Crippen molar-refractivity contribution in [3.63, 3.8) is 0 Å². The summed E-state index contributed by atoms with van der Waals surface area (Å²) in [5.41, 5.74) is 2.48. The van der Waals surface area contributed by atoms with Crippen molar-refractivity contribution in [3.8, 4) is 5.75 Å². The Balaban J connectivity index is 1.54. The molecule has 5 heteroatoms. The van der Waals surface area contributed by atoms with Gasteiger partial charge in [0, 0.05) is 11.1 Å². The van der Waals surface area contributed by atoms with Crippen molar-refractivity contribution in [3.05, 3.63) is 29.3 Å². The molecule has 0 radical (unpaired) electrons. The highest BCUT2D eigenvalue weighted by Gasteiger charge is 2.27. The van der Waals surface area contributed by atoms with Gasteiger partial charge in [-0.25, -0.2) is 0 Å². The van der Waals surface area contributed by atoms with Crippen LogP contribution in [-0.2, 0) is 17.6 Å². The van der Waals surface area contributed by atoms with Gasteiger partial charge < -0.3 is 10.0 Å². The molecule has 3 rings (SSSR count). The molecule has 4 nitrogen and oxygen atoms in total. The van der Waals surface area contributed by atoms with E-state index in [1.807, 2.05) is 6.07 Å². The monoisotopic (exact) mass is 307 g/mol. The lowest BCUT2D eigenvalue weighted by atomic mass is 9.83. The van der Waals surface area contributed by atoms with Gasteiger partial charge in [-0.3, -0.25) is 9.74 Å². The van der Waals surface area contributed by atoms with E-state index >= 15 is 0 Å². The first-order valence-electron chi connectivity index (χ1n) is 8.01. The van der Waals surface area contributed by atoms with Crippen LogP contribution in [0.2, 0.25) is 0 Å². The van der Waals surface area contributed by atoms with Crippen LogP contribution in [0.15, 0.2) is 18.2 Å². The van der Waals surface area contributed by atoms with Crippen LogP contribution in [-0.4, -0.2) is 35.6 Å². The van der Waals surface area contributed by atoms with Crippen molar-refractivity contribution in [1.29, 1.82) is 0 Å². The molecule has 0 saturated carbocycles. The average Bonchev–Trinajstić information content (AvgIpc) is 2.55. The van der Waals surface area contributed by atoms with Crippen molar-refractivity contribution >= 4 is 5.97 Å². The van der Waals surface area contributed by atoms with Gasteiger partial charge in [-0.15, -0.1) is 0 Å². The molecule has 2 aliphatic rings. The molecule has 120 valence electrons. The number of likely N-dealkylation sites (tertiary alicyclic amines) is 1. The van der Waals surface area contributed by atoms with Crippen LogP contribution in [0, 0.1) is 11.8 Å². The van der Waals surface area contributed by atoms with Gasteiger partial charge in [-0.05, 0) is 74.4 Å². The first-order chi connectivity index (χ1) is 10.7. The number of nitrogens with zero attached hydrogens (tertiary/aromatic N) is 1. The normalized spacial score (nSPS) is 23.0. The number of hydrogen-bond donors (Lipinski definition) is 1. The zero-order valence-electron chi connectivity index (χ0n) is 12.6. The Morgan fingerprint density at radius 1 is 1.27 bits per heavy atom. The fourth-order valence-electron chi connectivity index (χ4n) is 3.74. The highest BCUT2D eigenvalue weighted by molar-refractivity contribution is 5.70. The van der Waals surface area contributed by atoms with Crippen molar-refractivity contribution in [1.82, 2.24) is 4.90 Å². The standard InChI is InChI=1S/C17H22FNO3/c18-22-16-4-3-14-9-12(1-2-15(14)10-16)11-19-7-5-13(6-8-19)17(20)21/h3-4,10,12-13H,1-2,5-9,11H2,(H,20,21). The summed E-state index contributed by atoms with van der Waals surface area (Å²) in [7, 11) is 0. The zero-order chi connectivity index (χ0) is 15.5. The number of carboxylic acids is 1. The van der Waals surface area contributed by atoms with E-state index in [9.17, 15) is 9.32 Å². The van der Waals surface area contributed by atoms with E-state index in [1.165, 1.54) is 11.1 Å². The number of aryl methyl sites for hydroxylation is 1. The van der Waals surface area contributed by atoms with Crippen LogP contribution in [0.25, 0.3) is 0 Å². The Morgan fingerprint density at radius 2 is 2.05 bits per heavy atom. The molecule has 1 heterocycles. The lowest BCUT2D eigenvalue weighted by Gasteiger charge is -2.34. The first-order valence-corrected chi connectivity index (χ1v) is 8.01. The van der Waals surface area contributed by atoms with Crippen molar-refractivity contribution < 1.29 is 19.4 Å². The maximum Gasteiger partial charge on any atom is 0.306 e. The van der Waals surface area contributed by atoms with Gasteiger partial charge in [0.2, 0.25) is 0 Å². The van der Waals surface area contributed by atoms with Crippen molar-refractivity contribution in [2.75, 3.05) is 19.6 Å². The van der Waals surface area contributed by atoms with Gasteiger partial charge in [0.1, 0.15) is 0 Å². The molecule has 1 aliphatic heterocycles. The Bertz CT molecular complexity index is 541. The molecule has 0 amide bonds. The summed E-state index contributed by atoms with van der Waals surface area (Å²) in [5, 5.41) is 9.04. The summed E-state index contributed by atoms with van der Waals surface area (Å²) in [5.74, 6) is 0.0681. The molecule has 1 unspecified atom stereocenters. The highest BCUT2D eigenvalue weighted by atomic mass is 19.3. The second-order valence-electron chi connectivity index (χ2n) is 6.53. The predicted molar refractivity (Wildman–Crippen MR) is 80.5 cm³/mol. The SMILES string of the molecule is O=C(O)C1CCN(CC2CCc3cc(OF)ccc3C2)CC1. The van der Waals surface area contributed by atoms with Crippen molar-refractivity contribution in [2.45, 2.75) is 32.1 Å². The Kier molecular flexibility index (Phi) is 4.62. The lowest BCUT2D eigenvalue weighted by Crippen LogP contribution is -2.40. The summed E-state index contributed by atoms with van der Waals surface area (Å²) >= 11 is 0. The minimum absolute atomic E-state index is 0.164. The first kappa shape index (κ1) is 15.3. The van der Waals surface area contributed by atoms with E-state index in [0.717, 1.165) is 51.7 Å². The van der Waals surface area contributed by atoms with Crippen LogP contribution in [0.4, 0.5) is 4.53 Å². The molecule has 1 aromatic rings. The topological polar surface area (TPSA) is 49.8 Å². The molecule has 1 aliphatic carbocycles.